The summed E-state index contributed by atoms with van der Waals surface area (Å²) in [5.41, 5.74) is 1.63. The molecular formula is C3H5Cl3Si. The molecule has 7 heavy (non-hydrogen) atoms. The topological polar surface area (TPSA) is 0 Å². The molecule has 0 aliphatic heterocycles. The molecule has 1 atom stereocenters. The van der Waals surface area contributed by atoms with E-state index in [1.807, 2.05) is 0 Å². The van der Waals surface area contributed by atoms with Gasteiger partial charge in [-0.1, -0.05) is 5.70 Å². The van der Waals surface area contributed by atoms with Crippen molar-refractivity contribution in [2.75, 3.05) is 0 Å². The molecule has 0 aromatic heterocycles. The summed E-state index contributed by atoms with van der Waals surface area (Å²) >= 11 is 16.3. The second-order valence-corrected chi connectivity index (χ2v) is 6.56. The maximum atomic E-state index is 5.56. The molecule has 42 valence electrons. The van der Waals surface area contributed by atoms with Crippen LogP contribution in [0.2, 0.25) is 0 Å². The highest BCUT2D eigenvalue weighted by Gasteiger charge is 2.09. The highest BCUT2D eigenvalue weighted by molar-refractivity contribution is 7.16. The minimum Gasteiger partial charge on any atom is -0.163 e. The molecular weight excluding hydrogens is 170 g/mol. The molecule has 0 aliphatic carbocycles. The predicted molar refractivity (Wildman–Crippen MR) is 38.7 cm³/mol. The number of hydrogen-bond donors (Lipinski definition) is 0. The first kappa shape index (κ1) is 7.83. The molecule has 0 heterocycles. The van der Waals surface area contributed by atoms with E-state index in [0.29, 0.717) is 0 Å². The van der Waals surface area contributed by atoms with Crippen LogP contribution < -0.4 is 0 Å². The first-order chi connectivity index (χ1) is 3.18. The van der Waals surface area contributed by atoms with Crippen LogP contribution in [0.5, 0.6) is 0 Å². The van der Waals surface area contributed by atoms with Crippen LogP contribution >= 0.6 is 34.3 Å². The Morgan fingerprint density at radius 2 is 2.00 bits per heavy atom. The van der Waals surface area contributed by atoms with Crippen LogP contribution in [0.25, 0.3) is 0 Å². The van der Waals surface area contributed by atoms with E-state index < -0.39 is 12.6 Å². The van der Waals surface area contributed by atoms with E-state index in [0.717, 1.165) is 0 Å². The number of alkyl halides is 2. The third kappa shape index (κ3) is 3.41. The quantitative estimate of drug-likeness (QED) is 0.342. The monoisotopic (exact) mass is 174 g/mol. The molecule has 0 N–H and O–H groups in total. The Balaban J connectivity index is 3.33. The molecule has 0 radical (unpaired) electrons. The van der Waals surface area contributed by atoms with Gasteiger partial charge in [-0.15, -0.1) is 29.8 Å². The van der Waals surface area contributed by atoms with Gasteiger partial charge in [0.2, 0.25) is 0 Å². The molecule has 0 saturated carbocycles. The number of hydrogen-bond acceptors (Lipinski definition) is 0. The van der Waals surface area contributed by atoms with Gasteiger partial charge in [0.05, 0.1) is 0 Å². The van der Waals surface area contributed by atoms with Gasteiger partial charge in [0, 0.05) is 0 Å². The van der Waals surface area contributed by atoms with Crippen LogP contribution in [-0.2, 0) is 0 Å². The largest absolute Gasteiger partial charge is 0.198 e. The molecule has 1 unspecified atom stereocenters. The summed E-state index contributed by atoms with van der Waals surface area (Å²) in [4.78, 5) is 0. The molecule has 0 rings (SSSR count). The second kappa shape index (κ2) is 3.78. The Labute approximate surface area is 59.4 Å². The van der Waals surface area contributed by atoms with E-state index in [1.165, 1.54) is 0 Å². The number of rotatable bonds is 2. The van der Waals surface area contributed by atoms with Gasteiger partial charge in [-0.05, 0) is 0 Å². The van der Waals surface area contributed by atoms with Gasteiger partial charge in [0.1, 0.15) is 4.46 Å². The lowest BCUT2D eigenvalue weighted by Crippen LogP contribution is -2.09. The van der Waals surface area contributed by atoms with E-state index >= 15 is 0 Å². The van der Waals surface area contributed by atoms with Crippen molar-refractivity contribution in [3.63, 3.8) is 0 Å². The molecule has 0 aliphatic rings. The van der Waals surface area contributed by atoms with Crippen molar-refractivity contribution in [2.24, 2.45) is 0 Å². The zero-order valence-corrected chi connectivity index (χ0v) is 7.00. The zero-order valence-electron chi connectivity index (χ0n) is 3.57. The third-order valence-electron chi connectivity index (χ3n) is 0.466. The average Bonchev–Trinajstić information content (AvgIpc) is 1.65. The van der Waals surface area contributed by atoms with Gasteiger partial charge in [0.25, 0.3) is 0 Å². The Morgan fingerprint density at radius 1 is 1.57 bits per heavy atom. The van der Waals surface area contributed by atoms with Crippen LogP contribution in [0.3, 0.4) is 0 Å². The van der Waals surface area contributed by atoms with E-state index in [9.17, 15) is 0 Å². The van der Waals surface area contributed by atoms with Crippen LogP contribution in [0.1, 0.15) is 0 Å². The minimum absolute atomic E-state index is 0.404. The summed E-state index contributed by atoms with van der Waals surface area (Å²) in [5, 5.41) is 0. The highest BCUT2D eigenvalue weighted by Crippen LogP contribution is 2.09. The Kier molecular flexibility index (Phi) is 4.23. The highest BCUT2D eigenvalue weighted by atomic mass is 35.6. The van der Waals surface area contributed by atoms with Gasteiger partial charge in [-0.25, -0.2) is 0 Å². The van der Waals surface area contributed by atoms with Gasteiger partial charge in [-0.3, -0.25) is 0 Å². The molecule has 0 aromatic carbocycles. The van der Waals surface area contributed by atoms with Gasteiger partial charge in [0.15, 0.2) is 8.11 Å². The van der Waals surface area contributed by atoms with Crippen molar-refractivity contribution >= 4 is 42.4 Å². The van der Waals surface area contributed by atoms with Crippen molar-refractivity contribution in [1.29, 1.82) is 0 Å². The SMILES string of the molecule is C=C[SiH](Cl)C(Cl)Cl. The first-order valence-electron chi connectivity index (χ1n) is 1.73. The second-order valence-electron chi connectivity index (χ2n) is 1.01. The lowest BCUT2D eigenvalue weighted by Gasteiger charge is -1.97. The summed E-state index contributed by atoms with van der Waals surface area (Å²) in [6.07, 6.45) is 0. The molecule has 0 saturated heterocycles. The fourth-order valence-electron chi connectivity index (χ4n) is 0.103. The maximum Gasteiger partial charge on any atom is 0.198 e. The van der Waals surface area contributed by atoms with Crippen LogP contribution in [-0.4, -0.2) is 12.6 Å². The van der Waals surface area contributed by atoms with Crippen molar-refractivity contribution in [3.05, 3.63) is 12.3 Å². The van der Waals surface area contributed by atoms with Gasteiger partial charge in [-0.2, -0.15) is 11.1 Å². The van der Waals surface area contributed by atoms with Crippen LogP contribution in [0.15, 0.2) is 12.3 Å². The fourth-order valence-corrected chi connectivity index (χ4v) is 0.926. The van der Waals surface area contributed by atoms with Gasteiger partial charge < -0.3 is 0 Å². The van der Waals surface area contributed by atoms with Crippen molar-refractivity contribution in [3.8, 4) is 0 Å². The van der Waals surface area contributed by atoms with Crippen molar-refractivity contribution in [1.82, 2.24) is 0 Å². The summed E-state index contributed by atoms with van der Waals surface area (Å²) in [6.45, 7) is 3.44. The molecule has 0 spiro atoms. The normalized spacial score (nSPS) is 14.3. The summed E-state index contributed by atoms with van der Waals surface area (Å²) in [6, 6.07) is 0. The maximum absolute atomic E-state index is 5.56. The van der Waals surface area contributed by atoms with Crippen molar-refractivity contribution < 1.29 is 0 Å². The average molecular weight is 176 g/mol. The molecule has 0 amide bonds. The lowest BCUT2D eigenvalue weighted by atomic mass is 11.3. The van der Waals surface area contributed by atoms with E-state index in [1.54, 1.807) is 5.70 Å². The van der Waals surface area contributed by atoms with E-state index in [4.69, 9.17) is 34.3 Å². The lowest BCUT2D eigenvalue weighted by molar-refractivity contribution is 1.88. The van der Waals surface area contributed by atoms with Crippen molar-refractivity contribution in [2.45, 2.75) is 4.46 Å². The predicted octanol–water partition coefficient (Wildman–Crippen LogP) is 2.02. The van der Waals surface area contributed by atoms with Crippen LogP contribution in [0, 0.1) is 0 Å². The van der Waals surface area contributed by atoms with E-state index in [2.05, 4.69) is 6.58 Å². The summed E-state index contributed by atoms with van der Waals surface area (Å²) in [5.74, 6) is 0. The molecule has 0 fully saturated rings. The standard InChI is InChI=1S/C3H5Cl3Si/c1-2-7(6)3(4)5/h2-3,7H,1H2. The third-order valence-corrected chi connectivity index (χ3v) is 5.09. The Morgan fingerprint density at radius 3 is 2.00 bits per heavy atom. The zero-order chi connectivity index (χ0) is 5.86. The van der Waals surface area contributed by atoms with Crippen LogP contribution in [0.4, 0.5) is 0 Å². The van der Waals surface area contributed by atoms with E-state index in [-0.39, 0.29) is 0 Å². The number of halogens is 3. The molecule has 4 heteroatoms. The Bertz CT molecular complexity index is 63.2. The smallest absolute Gasteiger partial charge is 0.163 e. The van der Waals surface area contributed by atoms with Gasteiger partial charge >= 0.3 is 0 Å². The fraction of sp³-hybridized carbons (Fsp3) is 0.333. The minimum atomic E-state index is -1.49. The first-order valence-corrected chi connectivity index (χ1v) is 5.68. The molecule has 0 nitrogen and oxygen atoms in total. The Hall–Kier alpha value is 0.827. The molecule has 0 bridgehead atoms. The summed E-state index contributed by atoms with van der Waals surface area (Å²) in [7, 11) is -1.49. The molecule has 0 aromatic rings. The summed E-state index contributed by atoms with van der Waals surface area (Å²) < 4.78 is -0.404.